The molecular weight excluding hydrogens is 186 g/mol. The number of benzene rings is 2. The first kappa shape index (κ1) is 8.81. The van der Waals surface area contributed by atoms with Gasteiger partial charge in [-0.3, -0.25) is 4.79 Å². The van der Waals surface area contributed by atoms with Crippen LogP contribution in [0.5, 0.6) is 0 Å². The Bertz CT molecular complexity index is 498. The molecule has 0 unspecified atom stereocenters. The molecule has 0 N–H and O–H groups in total. The van der Waals surface area contributed by atoms with Gasteiger partial charge in [0.05, 0.1) is 5.39 Å². The summed E-state index contributed by atoms with van der Waals surface area (Å²) in [5.74, 6) is -1.30. The third kappa shape index (κ3) is 1.18. The van der Waals surface area contributed by atoms with Gasteiger partial charge in [-0.2, -0.15) is 0 Å². The highest BCUT2D eigenvalue weighted by Gasteiger charge is 2.08. The van der Waals surface area contributed by atoms with Crippen LogP contribution in [-0.4, -0.2) is 6.29 Å². The molecule has 0 heterocycles. The number of fused-ring (bicyclic) bond motifs is 1. The quantitative estimate of drug-likeness (QED) is 0.635. The van der Waals surface area contributed by atoms with Crippen molar-refractivity contribution < 1.29 is 13.6 Å². The number of carbonyl (C=O) groups is 1. The molecule has 3 heteroatoms. The molecule has 0 saturated carbocycles. The first-order valence-electron chi connectivity index (χ1n) is 4.06. The van der Waals surface area contributed by atoms with E-state index in [0.717, 1.165) is 6.07 Å². The van der Waals surface area contributed by atoms with Gasteiger partial charge in [0.2, 0.25) is 0 Å². The van der Waals surface area contributed by atoms with Gasteiger partial charge in [0.1, 0.15) is 11.6 Å². The van der Waals surface area contributed by atoms with Crippen molar-refractivity contribution in [2.75, 3.05) is 0 Å². The summed E-state index contributed by atoms with van der Waals surface area (Å²) in [6.07, 6.45) is 0.585. The number of hydrogen-bond acceptors (Lipinski definition) is 1. The number of carbonyl (C=O) groups excluding carboxylic acids is 1. The predicted molar refractivity (Wildman–Crippen MR) is 49.3 cm³/mol. The topological polar surface area (TPSA) is 17.1 Å². The van der Waals surface area contributed by atoms with Crippen LogP contribution < -0.4 is 0 Å². The molecule has 0 fully saturated rings. The number of hydrogen-bond donors (Lipinski definition) is 0. The molecule has 0 aromatic heterocycles. The molecule has 0 amide bonds. The summed E-state index contributed by atoms with van der Waals surface area (Å²) in [6, 6.07) is 6.56. The molecule has 0 aliphatic heterocycles. The van der Waals surface area contributed by atoms with Crippen LogP contribution in [-0.2, 0) is 0 Å². The monoisotopic (exact) mass is 192 g/mol. The normalized spacial score (nSPS) is 10.4. The van der Waals surface area contributed by atoms with Crippen molar-refractivity contribution in [3.63, 3.8) is 0 Å². The Morgan fingerprint density at radius 3 is 2.43 bits per heavy atom. The fraction of sp³-hybridized carbons (Fsp3) is 0. The molecule has 0 bridgehead atoms. The van der Waals surface area contributed by atoms with Crippen LogP contribution in [0.2, 0.25) is 0 Å². The van der Waals surface area contributed by atoms with Crippen LogP contribution in [0.4, 0.5) is 8.78 Å². The van der Waals surface area contributed by atoms with Gasteiger partial charge in [-0.05, 0) is 23.6 Å². The average Bonchev–Trinajstić information content (AvgIpc) is 2.18. The van der Waals surface area contributed by atoms with Crippen molar-refractivity contribution in [1.82, 2.24) is 0 Å². The molecule has 2 aromatic rings. The minimum atomic E-state index is -0.649. The molecule has 0 atom stereocenters. The molecule has 70 valence electrons. The highest BCUT2D eigenvalue weighted by Crippen LogP contribution is 2.23. The van der Waals surface area contributed by atoms with Gasteiger partial charge in [0.25, 0.3) is 0 Å². The summed E-state index contributed by atoms with van der Waals surface area (Å²) < 4.78 is 26.4. The molecule has 14 heavy (non-hydrogen) atoms. The second-order valence-corrected chi connectivity index (χ2v) is 2.92. The largest absolute Gasteiger partial charge is 0.298 e. The molecular formula is C11H6F2O. The summed E-state index contributed by atoms with van der Waals surface area (Å²) in [6.45, 7) is 0. The van der Waals surface area contributed by atoms with Crippen LogP contribution in [0.15, 0.2) is 30.3 Å². The lowest BCUT2D eigenvalue weighted by Gasteiger charge is -2.02. The van der Waals surface area contributed by atoms with Crippen LogP contribution in [0.25, 0.3) is 10.8 Å². The Balaban J connectivity index is 2.98. The van der Waals surface area contributed by atoms with Gasteiger partial charge in [0, 0.05) is 5.56 Å². The SMILES string of the molecule is O=Cc1ccc(F)c2c(F)cccc12. The van der Waals surface area contributed by atoms with E-state index in [4.69, 9.17) is 0 Å². The first-order chi connectivity index (χ1) is 6.74. The van der Waals surface area contributed by atoms with E-state index in [2.05, 4.69) is 0 Å². The first-order valence-corrected chi connectivity index (χ1v) is 4.06. The van der Waals surface area contributed by atoms with Gasteiger partial charge >= 0.3 is 0 Å². The van der Waals surface area contributed by atoms with Crippen molar-refractivity contribution in [1.29, 1.82) is 0 Å². The minimum Gasteiger partial charge on any atom is -0.298 e. The summed E-state index contributed by atoms with van der Waals surface area (Å²) in [7, 11) is 0. The molecule has 0 spiro atoms. The summed E-state index contributed by atoms with van der Waals surface area (Å²) in [5, 5.41) is 0.178. The lowest BCUT2D eigenvalue weighted by Crippen LogP contribution is -1.89. The molecule has 2 rings (SSSR count). The van der Waals surface area contributed by atoms with E-state index in [9.17, 15) is 13.6 Å². The third-order valence-electron chi connectivity index (χ3n) is 2.10. The molecule has 1 nitrogen and oxygen atoms in total. The van der Waals surface area contributed by atoms with Gasteiger partial charge < -0.3 is 0 Å². The lowest BCUT2D eigenvalue weighted by atomic mass is 10.0. The zero-order valence-electron chi connectivity index (χ0n) is 7.13. The van der Waals surface area contributed by atoms with Crippen LogP contribution in [0, 0.1) is 11.6 Å². The zero-order valence-corrected chi connectivity index (χ0v) is 7.13. The van der Waals surface area contributed by atoms with Crippen molar-refractivity contribution in [2.24, 2.45) is 0 Å². The van der Waals surface area contributed by atoms with Crippen LogP contribution in [0.3, 0.4) is 0 Å². The van der Waals surface area contributed by atoms with Crippen LogP contribution in [0.1, 0.15) is 10.4 Å². The summed E-state index contributed by atoms with van der Waals surface area (Å²) in [5.41, 5.74) is 0.293. The Labute approximate surface area is 79.0 Å². The van der Waals surface area contributed by atoms with Crippen molar-refractivity contribution in [3.8, 4) is 0 Å². The van der Waals surface area contributed by atoms with E-state index in [0.29, 0.717) is 17.2 Å². The summed E-state index contributed by atoms with van der Waals surface area (Å²) >= 11 is 0. The van der Waals surface area contributed by atoms with E-state index < -0.39 is 11.6 Å². The van der Waals surface area contributed by atoms with Crippen molar-refractivity contribution >= 4 is 17.1 Å². The molecule has 2 aromatic carbocycles. The average molecular weight is 192 g/mol. The standard InChI is InChI=1S/C11H6F2O/c12-9-3-1-2-8-7(6-14)4-5-10(13)11(8)9/h1-6H. The molecule has 0 saturated heterocycles. The maximum Gasteiger partial charge on any atom is 0.150 e. The molecule has 0 aliphatic rings. The predicted octanol–water partition coefficient (Wildman–Crippen LogP) is 2.93. The van der Waals surface area contributed by atoms with E-state index in [1.807, 2.05) is 0 Å². The van der Waals surface area contributed by atoms with Crippen LogP contribution >= 0.6 is 0 Å². The van der Waals surface area contributed by atoms with Crippen molar-refractivity contribution in [2.45, 2.75) is 0 Å². The van der Waals surface area contributed by atoms with Crippen molar-refractivity contribution in [3.05, 3.63) is 47.5 Å². The Morgan fingerprint density at radius 2 is 1.71 bits per heavy atom. The number of rotatable bonds is 1. The highest BCUT2D eigenvalue weighted by molar-refractivity contribution is 5.98. The number of halogens is 2. The van der Waals surface area contributed by atoms with Gasteiger partial charge in [0.15, 0.2) is 6.29 Å². The summed E-state index contributed by atoms with van der Waals surface area (Å²) in [4.78, 5) is 10.6. The van der Waals surface area contributed by atoms with Gasteiger partial charge in [-0.15, -0.1) is 0 Å². The maximum absolute atomic E-state index is 13.2. The smallest absolute Gasteiger partial charge is 0.150 e. The molecule has 0 radical (unpaired) electrons. The second kappa shape index (κ2) is 3.18. The van der Waals surface area contributed by atoms with E-state index in [-0.39, 0.29) is 5.39 Å². The van der Waals surface area contributed by atoms with E-state index in [1.165, 1.54) is 24.3 Å². The maximum atomic E-state index is 13.2. The Kier molecular flexibility index (Phi) is 2.00. The van der Waals surface area contributed by atoms with E-state index >= 15 is 0 Å². The number of aldehydes is 1. The zero-order chi connectivity index (χ0) is 10.1. The lowest BCUT2D eigenvalue weighted by molar-refractivity contribution is 0.112. The fourth-order valence-corrected chi connectivity index (χ4v) is 1.45. The second-order valence-electron chi connectivity index (χ2n) is 2.92. The van der Waals surface area contributed by atoms with Gasteiger partial charge in [-0.25, -0.2) is 8.78 Å². The third-order valence-corrected chi connectivity index (χ3v) is 2.10. The molecule has 0 aliphatic carbocycles. The fourth-order valence-electron chi connectivity index (χ4n) is 1.45. The Morgan fingerprint density at radius 1 is 1.00 bits per heavy atom. The minimum absolute atomic E-state index is 0.128. The Hall–Kier alpha value is -1.77. The van der Waals surface area contributed by atoms with E-state index in [1.54, 1.807) is 0 Å². The van der Waals surface area contributed by atoms with Gasteiger partial charge in [-0.1, -0.05) is 12.1 Å². The highest BCUT2D eigenvalue weighted by atomic mass is 19.1.